The first-order valence-corrected chi connectivity index (χ1v) is 10.5. The van der Waals surface area contributed by atoms with Gasteiger partial charge in [0.05, 0.1) is 17.0 Å². The molecule has 1 heterocycles. The van der Waals surface area contributed by atoms with Gasteiger partial charge in [0.25, 0.3) is 15.9 Å². The summed E-state index contributed by atoms with van der Waals surface area (Å²) in [5, 5.41) is 5.57. The molecular formula is C19H16FN3O3S2. The molecule has 0 aliphatic heterocycles. The first kappa shape index (κ1) is 19.7. The normalized spacial score (nSPS) is 11.9. The number of anilines is 1. The highest BCUT2D eigenvalue weighted by Crippen LogP contribution is 2.22. The van der Waals surface area contributed by atoms with E-state index in [-0.39, 0.29) is 26.7 Å². The standard InChI is InChI=1S/C19H16FN3O3S2/c1-13(14-7-2-4-9-16(14)20)21-22-19(24)15-8-3-5-10-17(15)23-28(25,26)18-11-6-12-27-18/h2-12,23H,1H3,(H,22,24)/b21-13+. The lowest BCUT2D eigenvalue weighted by Crippen LogP contribution is -2.22. The van der Waals surface area contributed by atoms with Gasteiger partial charge in [-0.3, -0.25) is 9.52 Å². The number of thiophene rings is 1. The Morgan fingerprint density at radius 3 is 2.36 bits per heavy atom. The second-order valence-corrected chi connectivity index (χ2v) is 8.56. The molecule has 0 aliphatic carbocycles. The monoisotopic (exact) mass is 417 g/mol. The Kier molecular flexibility index (Phi) is 5.86. The van der Waals surface area contributed by atoms with E-state index in [0.29, 0.717) is 0 Å². The van der Waals surface area contributed by atoms with Gasteiger partial charge in [0, 0.05) is 5.56 Å². The number of benzene rings is 2. The van der Waals surface area contributed by atoms with Crippen LogP contribution in [0.2, 0.25) is 0 Å². The topological polar surface area (TPSA) is 87.6 Å². The van der Waals surface area contributed by atoms with E-state index in [9.17, 15) is 17.6 Å². The van der Waals surface area contributed by atoms with Crippen molar-refractivity contribution in [1.82, 2.24) is 5.43 Å². The van der Waals surface area contributed by atoms with Crippen LogP contribution >= 0.6 is 11.3 Å². The Balaban J connectivity index is 1.82. The molecule has 0 bridgehead atoms. The van der Waals surface area contributed by atoms with Crippen molar-refractivity contribution in [2.24, 2.45) is 5.10 Å². The number of nitrogens with one attached hydrogen (secondary N) is 2. The van der Waals surface area contributed by atoms with Gasteiger partial charge >= 0.3 is 0 Å². The predicted octanol–water partition coefficient (Wildman–Crippen LogP) is 3.84. The summed E-state index contributed by atoms with van der Waals surface area (Å²) >= 11 is 1.07. The molecule has 0 unspecified atom stereocenters. The van der Waals surface area contributed by atoms with Crippen molar-refractivity contribution in [3.05, 3.63) is 83.0 Å². The molecule has 0 radical (unpaired) electrons. The molecule has 144 valence electrons. The SMILES string of the molecule is C/C(=N\NC(=O)c1ccccc1NS(=O)(=O)c1cccs1)c1ccccc1F. The van der Waals surface area contributed by atoms with Crippen LogP contribution in [0, 0.1) is 5.82 Å². The summed E-state index contributed by atoms with van der Waals surface area (Å²) in [4.78, 5) is 12.5. The molecule has 9 heteroatoms. The Bertz CT molecular complexity index is 1130. The minimum Gasteiger partial charge on any atom is -0.278 e. The summed E-state index contributed by atoms with van der Waals surface area (Å²) in [5.41, 5.74) is 3.08. The average molecular weight is 417 g/mol. The summed E-state index contributed by atoms with van der Waals surface area (Å²) in [5.74, 6) is -1.08. The molecule has 1 amide bonds. The summed E-state index contributed by atoms with van der Waals surface area (Å²) in [6, 6.07) is 15.3. The quantitative estimate of drug-likeness (QED) is 0.472. The number of hydrazone groups is 1. The third kappa shape index (κ3) is 4.44. The molecule has 0 saturated heterocycles. The highest BCUT2D eigenvalue weighted by Gasteiger charge is 2.19. The minimum atomic E-state index is -3.80. The van der Waals surface area contributed by atoms with Crippen LogP contribution in [0.5, 0.6) is 0 Å². The molecule has 3 aromatic rings. The average Bonchev–Trinajstić information content (AvgIpc) is 3.22. The van der Waals surface area contributed by atoms with Crippen molar-refractivity contribution in [1.29, 1.82) is 0 Å². The van der Waals surface area contributed by atoms with Crippen LogP contribution in [0.25, 0.3) is 0 Å². The molecule has 0 spiro atoms. The minimum absolute atomic E-state index is 0.0905. The van der Waals surface area contributed by atoms with Gasteiger partial charge in [0.1, 0.15) is 10.0 Å². The maximum atomic E-state index is 13.8. The molecule has 0 saturated carbocycles. The van der Waals surface area contributed by atoms with E-state index in [0.717, 1.165) is 11.3 Å². The Morgan fingerprint density at radius 2 is 1.68 bits per heavy atom. The fraction of sp³-hybridized carbons (Fsp3) is 0.0526. The predicted molar refractivity (Wildman–Crippen MR) is 108 cm³/mol. The zero-order valence-corrected chi connectivity index (χ0v) is 16.4. The van der Waals surface area contributed by atoms with Crippen molar-refractivity contribution in [2.45, 2.75) is 11.1 Å². The van der Waals surface area contributed by atoms with Crippen molar-refractivity contribution < 1.29 is 17.6 Å². The van der Waals surface area contributed by atoms with Crippen molar-refractivity contribution in [2.75, 3.05) is 4.72 Å². The van der Waals surface area contributed by atoms with Gasteiger partial charge in [-0.2, -0.15) is 5.10 Å². The highest BCUT2D eigenvalue weighted by atomic mass is 32.2. The van der Waals surface area contributed by atoms with E-state index in [1.807, 2.05) is 0 Å². The van der Waals surface area contributed by atoms with Crippen LogP contribution in [0.3, 0.4) is 0 Å². The van der Waals surface area contributed by atoms with Gasteiger partial charge in [-0.05, 0) is 36.6 Å². The third-order valence-electron chi connectivity index (χ3n) is 3.76. The first-order chi connectivity index (χ1) is 13.4. The first-order valence-electron chi connectivity index (χ1n) is 8.13. The second-order valence-electron chi connectivity index (χ2n) is 5.70. The van der Waals surface area contributed by atoms with Gasteiger partial charge in [0.2, 0.25) is 0 Å². The summed E-state index contributed by atoms with van der Waals surface area (Å²) in [6.45, 7) is 1.56. The summed E-state index contributed by atoms with van der Waals surface area (Å²) in [7, 11) is -3.80. The number of hydrogen-bond donors (Lipinski definition) is 2. The van der Waals surface area contributed by atoms with Gasteiger partial charge in [-0.25, -0.2) is 18.2 Å². The number of sulfonamides is 1. The fourth-order valence-corrected chi connectivity index (χ4v) is 4.46. The van der Waals surface area contributed by atoms with Crippen LogP contribution in [-0.2, 0) is 10.0 Å². The van der Waals surface area contributed by atoms with Crippen LogP contribution < -0.4 is 10.1 Å². The van der Waals surface area contributed by atoms with Gasteiger partial charge < -0.3 is 0 Å². The van der Waals surface area contributed by atoms with Crippen molar-refractivity contribution in [3.63, 3.8) is 0 Å². The summed E-state index contributed by atoms with van der Waals surface area (Å²) in [6.07, 6.45) is 0. The summed E-state index contributed by atoms with van der Waals surface area (Å²) < 4.78 is 41.2. The van der Waals surface area contributed by atoms with Crippen LogP contribution in [0.15, 0.2) is 75.4 Å². The molecule has 6 nitrogen and oxygen atoms in total. The van der Waals surface area contributed by atoms with E-state index >= 15 is 0 Å². The lowest BCUT2D eigenvalue weighted by molar-refractivity contribution is 0.0955. The van der Waals surface area contributed by atoms with E-state index in [2.05, 4.69) is 15.2 Å². The smallest absolute Gasteiger partial charge is 0.273 e. The van der Waals surface area contributed by atoms with Crippen LogP contribution in [-0.4, -0.2) is 20.0 Å². The number of para-hydroxylation sites is 1. The number of nitrogens with zero attached hydrogens (tertiary/aromatic N) is 1. The third-order valence-corrected chi connectivity index (χ3v) is 6.53. The van der Waals surface area contributed by atoms with E-state index < -0.39 is 21.7 Å². The van der Waals surface area contributed by atoms with Crippen LogP contribution in [0.1, 0.15) is 22.8 Å². The number of halogens is 1. The fourth-order valence-electron chi connectivity index (χ4n) is 2.39. The Morgan fingerprint density at radius 1 is 1.00 bits per heavy atom. The molecule has 1 aromatic heterocycles. The number of hydrogen-bond acceptors (Lipinski definition) is 5. The Labute approximate surface area is 165 Å². The molecule has 2 aromatic carbocycles. The van der Waals surface area contributed by atoms with Crippen molar-refractivity contribution in [3.8, 4) is 0 Å². The number of carbonyl (C=O) groups is 1. The van der Waals surface area contributed by atoms with E-state index in [1.165, 1.54) is 24.3 Å². The number of amides is 1. The number of carbonyl (C=O) groups excluding carboxylic acids is 1. The molecule has 2 N–H and O–H groups in total. The van der Waals surface area contributed by atoms with Gasteiger partial charge in [-0.15, -0.1) is 11.3 Å². The largest absolute Gasteiger partial charge is 0.278 e. The number of rotatable bonds is 6. The van der Waals surface area contributed by atoms with Gasteiger partial charge in [-0.1, -0.05) is 36.4 Å². The molecule has 28 heavy (non-hydrogen) atoms. The molecule has 0 atom stereocenters. The highest BCUT2D eigenvalue weighted by molar-refractivity contribution is 7.94. The lowest BCUT2D eigenvalue weighted by Gasteiger charge is -2.11. The Hall–Kier alpha value is -3.04. The lowest BCUT2D eigenvalue weighted by atomic mass is 10.1. The molecule has 3 rings (SSSR count). The maximum Gasteiger partial charge on any atom is 0.273 e. The van der Waals surface area contributed by atoms with Crippen molar-refractivity contribution >= 4 is 38.7 Å². The zero-order valence-electron chi connectivity index (χ0n) is 14.7. The zero-order chi connectivity index (χ0) is 20.1. The van der Waals surface area contributed by atoms with Gasteiger partial charge in [0.15, 0.2) is 0 Å². The van der Waals surface area contributed by atoms with Crippen LogP contribution in [0.4, 0.5) is 10.1 Å². The second kappa shape index (κ2) is 8.32. The maximum absolute atomic E-state index is 13.8. The molecule has 0 aliphatic rings. The molecule has 0 fully saturated rings. The van der Waals surface area contributed by atoms with E-state index in [1.54, 1.807) is 48.7 Å². The van der Waals surface area contributed by atoms with E-state index in [4.69, 9.17) is 0 Å². The molecular weight excluding hydrogens is 401 g/mol.